The zero-order chi connectivity index (χ0) is 8.59. The van der Waals surface area contributed by atoms with E-state index in [1.54, 1.807) is 0 Å². The average Bonchev–Trinajstić information content (AvgIpc) is 1.97. The minimum atomic E-state index is -1.09. The first-order valence-electron chi connectivity index (χ1n) is 3.14. The highest BCUT2D eigenvalue weighted by molar-refractivity contribution is 5.25. The van der Waals surface area contributed by atoms with Crippen LogP contribution in [-0.2, 0) is 0 Å². The molecule has 11 heavy (non-hydrogen) atoms. The SMILES string of the molecule is Cc1cc(F)c(C)c(F)c1F. The molecule has 1 aromatic rings. The highest BCUT2D eigenvalue weighted by Crippen LogP contribution is 2.17. The van der Waals surface area contributed by atoms with E-state index in [4.69, 9.17) is 0 Å². The van der Waals surface area contributed by atoms with Gasteiger partial charge in [-0.2, -0.15) is 0 Å². The van der Waals surface area contributed by atoms with Gasteiger partial charge in [-0.15, -0.1) is 0 Å². The summed E-state index contributed by atoms with van der Waals surface area (Å²) < 4.78 is 37.9. The van der Waals surface area contributed by atoms with E-state index in [2.05, 4.69) is 0 Å². The lowest BCUT2D eigenvalue weighted by Gasteiger charge is -2.01. The van der Waals surface area contributed by atoms with E-state index in [0.29, 0.717) is 0 Å². The summed E-state index contributed by atoms with van der Waals surface area (Å²) in [5.74, 6) is -2.77. The molecule has 0 saturated heterocycles. The molecule has 0 aromatic heterocycles. The zero-order valence-corrected chi connectivity index (χ0v) is 6.21. The van der Waals surface area contributed by atoms with Crippen LogP contribution in [0.3, 0.4) is 0 Å². The lowest BCUT2D eigenvalue weighted by molar-refractivity contribution is 0.480. The second kappa shape index (κ2) is 2.57. The molecule has 0 radical (unpaired) electrons. The summed E-state index contributed by atoms with van der Waals surface area (Å²) in [6.45, 7) is 2.52. The van der Waals surface area contributed by atoms with Crippen LogP contribution >= 0.6 is 0 Å². The maximum atomic E-state index is 12.6. The Morgan fingerprint density at radius 2 is 1.55 bits per heavy atom. The molecule has 0 saturated carbocycles. The van der Waals surface area contributed by atoms with E-state index in [1.165, 1.54) is 13.8 Å². The van der Waals surface area contributed by atoms with E-state index in [1.807, 2.05) is 0 Å². The quantitative estimate of drug-likeness (QED) is 0.512. The molecule has 0 aliphatic heterocycles. The van der Waals surface area contributed by atoms with Gasteiger partial charge in [-0.3, -0.25) is 0 Å². The maximum Gasteiger partial charge on any atom is 0.164 e. The van der Waals surface area contributed by atoms with Crippen LogP contribution < -0.4 is 0 Å². The van der Waals surface area contributed by atoms with Crippen LogP contribution in [0.25, 0.3) is 0 Å². The molecular formula is C8H7F3. The fourth-order valence-corrected chi connectivity index (χ4v) is 0.804. The fourth-order valence-electron chi connectivity index (χ4n) is 0.804. The van der Waals surface area contributed by atoms with Gasteiger partial charge >= 0.3 is 0 Å². The van der Waals surface area contributed by atoms with Crippen molar-refractivity contribution in [3.05, 3.63) is 34.6 Å². The van der Waals surface area contributed by atoms with Gasteiger partial charge in [0.1, 0.15) is 5.82 Å². The standard InChI is InChI=1S/C8H7F3/c1-4-3-6(9)5(2)8(11)7(4)10/h3H,1-2H3. The molecule has 0 aliphatic carbocycles. The lowest BCUT2D eigenvalue weighted by Crippen LogP contribution is -1.96. The van der Waals surface area contributed by atoms with E-state index in [-0.39, 0.29) is 11.1 Å². The monoisotopic (exact) mass is 160 g/mol. The summed E-state index contributed by atoms with van der Waals surface area (Å²) in [5, 5.41) is 0. The number of benzene rings is 1. The van der Waals surface area contributed by atoms with Gasteiger partial charge in [0.05, 0.1) is 0 Å². The van der Waals surface area contributed by atoms with Gasteiger partial charge in [0.15, 0.2) is 11.6 Å². The van der Waals surface area contributed by atoms with Gasteiger partial charge < -0.3 is 0 Å². The van der Waals surface area contributed by atoms with Crippen molar-refractivity contribution in [2.45, 2.75) is 13.8 Å². The molecule has 0 nitrogen and oxygen atoms in total. The van der Waals surface area contributed by atoms with Crippen LogP contribution in [0.2, 0.25) is 0 Å². The van der Waals surface area contributed by atoms with Crippen molar-refractivity contribution < 1.29 is 13.2 Å². The Hall–Kier alpha value is -0.990. The number of aryl methyl sites for hydroxylation is 1. The Morgan fingerprint density at radius 1 is 1.00 bits per heavy atom. The summed E-state index contributed by atoms with van der Waals surface area (Å²) >= 11 is 0. The molecule has 0 aliphatic rings. The highest BCUT2D eigenvalue weighted by atomic mass is 19.2. The molecule has 0 heterocycles. The van der Waals surface area contributed by atoms with Crippen LogP contribution in [0.15, 0.2) is 6.07 Å². The Balaban J connectivity index is 3.46. The molecule has 1 rings (SSSR count). The smallest absolute Gasteiger partial charge is 0.164 e. The third-order valence-electron chi connectivity index (χ3n) is 1.57. The first-order chi connectivity index (χ1) is 5.04. The zero-order valence-electron chi connectivity index (χ0n) is 6.21. The van der Waals surface area contributed by atoms with E-state index in [0.717, 1.165) is 6.07 Å². The molecule has 0 unspecified atom stereocenters. The fraction of sp³-hybridized carbons (Fsp3) is 0.250. The van der Waals surface area contributed by atoms with Crippen LogP contribution in [-0.4, -0.2) is 0 Å². The van der Waals surface area contributed by atoms with Gasteiger partial charge in [0.25, 0.3) is 0 Å². The predicted molar refractivity (Wildman–Crippen MR) is 35.8 cm³/mol. The van der Waals surface area contributed by atoms with Crippen molar-refractivity contribution in [3.8, 4) is 0 Å². The Bertz CT molecular complexity index is 266. The van der Waals surface area contributed by atoms with Crippen molar-refractivity contribution in [1.29, 1.82) is 0 Å². The Labute approximate surface area is 62.7 Å². The maximum absolute atomic E-state index is 12.6. The number of hydrogen-bond acceptors (Lipinski definition) is 0. The largest absolute Gasteiger partial charge is 0.207 e. The van der Waals surface area contributed by atoms with Crippen molar-refractivity contribution in [3.63, 3.8) is 0 Å². The number of halogens is 3. The van der Waals surface area contributed by atoms with Gasteiger partial charge in [0, 0.05) is 5.56 Å². The topological polar surface area (TPSA) is 0 Å². The summed E-state index contributed by atoms with van der Waals surface area (Å²) in [6, 6.07) is 0.980. The molecule has 0 spiro atoms. The Morgan fingerprint density at radius 3 is 2.09 bits per heavy atom. The molecule has 3 heteroatoms. The molecule has 0 amide bonds. The molecular weight excluding hydrogens is 153 g/mol. The minimum absolute atomic E-state index is 0.00870. The van der Waals surface area contributed by atoms with Crippen molar-refractivity contribution in [2.24, 2.45) is 0 Å². The summed E-state index contributed by atoms with van der Waals surface area (Å²) in [5.41, 5.74) is -0.279. The normalized spacial score (nSPS) is 10.3. The predicted octanol–water partition coefficient (Wildman–Crippen LogP) is 2.72. The van der Waals surface area contributed by atoms with E-state index >= 15 is 0 Å². The lowest BCUT2D eigenvalue weighted by atomic mass is 10.1. The van der Waals surface area contributed by atoms with Crippen molar-refractivity contribution >= 4 is 0 Å². The first-order valence-corrected chi connectivity index (χ1v) is 3.14. The van der Waals surface area contributed by atoms with Gasteiger partial charge in [-0.25, -0.2) is 13.2 Å². The number of hydrogen-bond donors (Lipinski definition) is 0. The van der Waals surface area contributed by atoms with Crippen LogP contribution in [0.4, 0.5) is 13.2 Å². The summed E-state index contributed by atoms with van der Waals surface area (Å²) in [6.07, 6.45) is 0. The molecule has 0 bridgehead atoms. The minimum Gasteiger partial charge on any atom is -0.207 e. The summed E-state index contributed by atoms with van der Waals surface area (Å²) in [7, 11) is 0. The average molecular weight is 160 g/mol. The molecule has 0 fully saturated rings. The first kappa shape index (κ1) is 8.11. The second-order valence-electron chi connectivity index (χ2n) is 2.43. The van der Waals surface area contributed by atoms with E-state index < -0.39 is 17.5 Å². The second-order valence-corrected chi connectivity index (χ2v) is 2.43. The molecule has 0 atom stereocenters. The highest BCUT2D eigenvalue weighted by Gasteiger charge is 2.12. The third-order valence-corrected chi connectivity index (χ3v) is 1.57. The molecule has 60 valence electrons. The third kappa shape index (κ3) is 1.23. The van der Waals surface area contributed by atoms with Crippen molar-refractivity contribution in [2.75, 3.05) is 0 Å². The van der Waals surface area contributed by atoms with Crippen LogP contribution in [0.1, 0.15) is 11.1 Å². The molecule has 1 aromatic carbocycles. The Kier molecular flexibility index (Phi) is 1.89. The van der Waals surface area contributed by atoms with Crippen LogP contribution in [0.5, 0.6) is 0 Å². The van der Waals surface area contributed by atoms with E-state index in [9.17, 15) is 13.2 Å². The van der Waals surface area contributed by atoms with Crippen LogP contribution in [0, 0.1) is 31.3 Å². The molecule has 0 N–H and O–H groups in total. The number of rotatable bonds is 0. The van der Waals surface area contributed by atoms with Crippen molar-refractivity contribution in [1.82, 2.24) is 0 Å². The van der Waals surface area contributed by atoms with Gasteiger partial charge in [-0.1, -0.05) is 0 Å². The van der Waals surface area contributed by atoms with Gasteiger partial charge in [-0.05, 0) is 25.5 Å². The summed E-state index contributed by atoms with van der Waals surface area (Å²) in [4.78, 5) is 0. The van der Waals surface area contributed by atoms with Gasteiger partial charge in [0.2, 0.25) is 0 Å².